The van der Waals surface area contributed by atoms with E-state index in [0.717, 1.165) is 32.7 Å². The molecule has 0 radical (unpaired) electrons. The molecule has 1 fully saturated rings. The lowest BCUT2D eigenvalue weighted by atomic mass is 10.2. The lowest BCUT2D eigenvalue weighted by Crippen LogP contribution is -2.44. The van der Waals surface area contributed by atoms with Gasteiger partial charge in [0.25, 0.3) is 0 Å². The quantitative estimate of drug-likeness (QED) is 0.528. The highest BCUT2D eigenvalue weighted by Gasteiger charge is 2.27. The Kier molecular flexibility index (Phi) is 6.47. The number of nitrogens with two attached hydrogens (primary N) is 1. The van der Waals surface area contributed by atoms with Gasteiger partial charge < -0.3 is 20.7 Å². The third-order valence-corrected chi connectivity index (χ3v) is 2.98. The molecule has 1 atom stereocenters. The molecular weight excluding hydrogens is 218 g/mol. The van der Waals surface area contributed by atoms with Crippen molar-refractivity contribution in [2.45, 2.75) is 38.3 Å². The Labute approximate surface area is 104 Å². The summed E-state index contributed by atoms with van der Waals surface area (Å²) < 4.78 is 5.28. The molecule has 0 aliphatic heterocycles. The van der Waals surface area contributed by atoms with E-state index in [4.69, 9.17) is 10.5 Å². The molecule has 1 amide bonds. The zero-order valence-electron chi connectivity index (χ0n) is 10.9. The van der Waals surface area contributed by atoms with E-state index >= 15 is 0 Å². The van der Waals surface area contributed by atoms with Crippen LogP contribution in [0.3, 0.4) is 0 Å². The van der Waals surface area contributed by atoms with Gasteiger partial charge in [-0.05, 0) is 39.8 Å². The van der Waals surface area contributed by atoms with E-state index in [2.05, 4.69) is 10.2 Å². The SMILES string of the molecule is CCOCCN(C)CCC(NC1CC1)C(N)=O. The van der Waals surface area contributed by atoms with E-state index in [0.29, 0.717) is 6.04 Å². The van der Waals surface area contributed by atoms with Gasteiger partial charge in [0, 0.05) is 19.2 Å². The monoisotopic (exact) mass is 243 g/mol. The Morgan fingerprint density at radius 2 is 2.24 bits per heavy atom. The van der Waals surface area contributed by atoms with E-state index in [1.807, 2.05) is 14.0 Å². The molecule has 17 heavy (non-hydrogen) atoms. The first kappa shape index (κ1) is 14.4. The number of hydrogen-bond acceptors (Lipinski definition) is 4. The lowest BCUT2D eigenvalue weighted by Gasteiger charge is -2.20. The second-order valence-corrected chi connectivity index (χ2v) is 4.68. The number of carbonyl (C=O) groups is 1. The van der Waals surface area contributed by atoms with Crippen LogP contribution >= 0.6 is 0 Å². The summed E-state index contributed by atoms with van der Waals surface area (Å²) >= 11 is 0. The Balaban J connectivity index is 2.13. The average molecular weight is 243 g/mol. The van der Waals surface area contributed by atoms with Crippen LogP contribution in [0.2, 0.25) is 0 Å². The van der Waals surface area contributed by atoms with Crippen LogP contribution in [0.15, 0.2) is 0 Å². The van der Waals surface area contributed by atoms with Crippen LogP contribution in [0.4, 0.5) is 0 Å². The highest BCUT2D eigenvalue weighted by molar-refractivity contribution is 5.79. The molecule has 0 bridgehead atoms. The highest BCUT2D eigenvalue weighted by Crippen LogP contribution is 2.19. The van der Waals surface area contributed by atoms with Crippen molar-refractivity contribution in [2.75, 3.05) is 33.4 Å². The number of ether oxygens (including phenoxy) is 1. The van der Waals surface area contributed by atoms with Crippen molar-refractivity contribution in [2.24, 2.45) is 5.73 Å². The predicted octanol–water partition coefficient (Wildman–Crippen LogP) is -0.0493. The Morgan fingerprint density at radius 1 is 1.53 bits per heavy atom. The van der Waals surface area contributed by atoms with E-state index in [9.17, 15) is 4.79 Å². The van der Waals surface area contributed by atoms with E-state index in [1.165, 1.54) is 12.8 Å². The van der Waals surface area contributed by atoms with Crippen LogP contribution in [0.25, 0.3) is 0 Å². The first-order chi connectivity index (χ1) is 8.13. The zero-order chi connectivity index (χ0) is 12.7. The van der Waals surface area contributed by atoms with Crippen molar-refractivity contribution >= 4 is 5.91 Å². The van der Waals surface area contributed by atoms with Crippen molar-refractivity contribution in [1.29, 1.82) is 0 Å². The Morgan fingerprint density at radius 3 is 2.76 bits per heavy atom. The summed E-state index contributed by atoms with van der Waals surface area (Å²) in [5.74, 6) is -0.241. The predicted molar refractivity (Wildman–Crippen MR) is 67.7 cm³/mol. The van der Waals surface area contributed by atoms with Gasteiger partial charge in [-0.3, -0.25) is 4.79 Å². The third kappa shape index (κ3) is 6.61. The minimum absolute atomic E-state index is 0.183. The molecule has 1 aliphatic carbocycles. The van der Waals surface area contributed by atoms with Crippen molar-refractivity contribution in [1.82, 2.24) is 10.2 Å². The number of likely N-dealkylation sites (N-methyl/N-ethyl adjacent to an activating group) is 1. The number of nitrogens with zero attached hydrogens (tertiary/aromatic N) is 1. The van der Waals surface area contributed by atoms with Crippen molar-refractivity contribution < 1.29 is 9.53 Å². The summed E-state index contributed by atoms with van der Waals surface area (Å²) in [6.45, 7) is 5.23. The Bertz CT molecular complexity index is 232. The fourth-order valence-corrected chi connectivity index (χ4v) is 1.67. The van der Waals surface area contributed by atoms with Crippen molar-refractivity contribution in [3.8, 4) is 0 Å². The van der Waals surface area contributed by atoms with Crippen LogP contribution in [0, 0.1) is 0 Å². The number of hydrogen-bond donors (Lipinski definition) is 2. The number of amides is 1. The van der Waals surface area contributed by atoms with Gasteiger partial charge in [-0.25, -0.2) is 0 Å². The largest absolute Gasteiger partial charge is 0.380 e. The standard InChI is InChI=1S/C12H25N3O2/c1-3-17-9-8-15(2)7-6-11(12(13)16)14-10-4-5-10/h10-11,14H,3-9H2,1-2H3,(H2,13,16). The molecule has 5 heteroatoms. The van der Waals surface area contributed by atoms with Gasteiger partial charge >= 0.3 is 0 Å². The van der Waals surface area contributed by atoms with Gasteiger partial charge in [0.1, 0.15) is 0 Å². The zero-order valence-corrected chi connectivity index (χ0v) is 10.9. The molecule has 0 saturated heterocycles. The van der Waals surface area contributed by atoms with Crippen LogP contribution < -0.4 is 11.1 Å². The van der Waals surface area contributed by atoms with Crippen LogP contribution in [-0.4, -0.2) is 56.2 Å². The molecule has 0 spiro atoms. The maximum absolute atomic E-state index is 11.3. The summed E-state index contributed by atoms with van der Waals surface area (Å²) in [6, 6.07) is 0.332. The molecule has 3 N–H and O–H groups in total. The maximum atomic E-state index is 11.3. The molecule has 1 aliphatic rings. The molecule has 0 aromatic rings. The van der Waals surface area contributed by atoms with Gasteiger partial charge in [0.05, 0.1) is 12.6 Å². The summed E-state index contributed by atoms with van der Waals surface area (Å²) in [7, 11) is 2.04. The minimum Gasteiger partial charge on any atom is -0.380 e. The molecule has 1 rings (SSSR count). The lowest BCUT2D eigenvalue weighted by molar-refractivity contribution is -0.120. The number of carbonyl (C=O) groups excluding carboxylic acids is 1. The second kappa shape index (κ2) is 7.63. The molecule has 1 unspecified atom stereocenters. The summed E-state index contributed by atoms with van der Waals surface area (Å²) in [6.07, 6.45) is 3.11. The first-order valence-corrected chi connectivity index (χ1v) is 6.45. The summed E-state index contributed by atoms with van der Waals surface area (Å²) in [5, 5.41) is 3.28. The molecule has 0 heterocycles. The fourth-order valence-electron chi connectivity index (χ4n) is 1.67. The van der Waals surface area contributed by atoms with Crippen LogP contribution in [0.1, 0.15) is 26.2 Å². The van der Waals surface area contributed by atoms with E-state index in [-0.39, 0.29) is 11.9 Å². The van der Waals surface area contributed by atoms with Crippen molar-refractivity contribution in [3.63, 3.8) is 0 Å². The number of rotatable bonds is 10. The molecule has 1 saturated carbocycles. The normalized spacial score (nSPS) is 17.4. The first-order valence-electron chi connectivity index (χ1n) is 6.45. The minimum atomic E-state index is -0.241. The number of primary amides is 1. The fraction of sp³-hybridized carbons (Fsp3) is 0.917. The summed E-state index contributed by atoms with van der Waals surface area (Å²) in [4.78, 5) is 13.4. The maximum Gasteiger partial charge on any atom is 0.234 e. The second-order valence-electron chi connectivity index (χ2n) is 4.68. The molecule has 100 valence electrons. The van der Waals surface area contributed by atoms with E-state index < -0.39 is 0 Å². The van der Waals surface area contributed by atoms with Crippen LogP contribution in [0.5, 0.6) is 0 Å². The average Bonchev–Trinajstić information content (AvgIpc) is 3.08. The van der Waals surface area contributed by atoms with Gasteiger partial charge in [0.2, 0.25) is 5.91 Å². The highest BCUT2D eigenvalue weighted by atomic mass is 16.5. The van der Waals surface area contributed by atoms with Gasteiger partial charge in [-0.15, -0.1) is 0 Å². The molecule has 5 nitrogen and oxygen atoms in total. The topological polar surface area (TPSA) is 67.6 Å². The van der Waals surface area contributed by atoms with Gasteiger partial charge in [-0.1, -0.05) is 0 Å². The molecule has 0 aromatic heterocycles. The number of nitrogens with one attached hydrogen (secondary N) is 1. The van der Waals surface area contributed by atoms with Gasteiger partial charge in [0.15, 0.2) is 0 Å². The van der Waals surface area contributed by atoms with E-state index in [1.54, 1.807) is 0 Å². The third-order valence-electron chi connectivity index (χ3n) is 2.98. The summed E-state index contributed by atoms with van der Waals surface area (Å²) in [5.41, 5.74) is 5.38. The van der Waals surface area contributed by atoms with Crippen LogP contribution in [-0.2, 0) is 9.53 Å². The van der Waals surface area contributed by atoms with Gasteiger partial charge in [-0.2, -0.15) is 0 Å². The molecular formula is C12H25N3O2. The molecule has 0 aromatic carbocycles. The van der Waals surface area contributed by atoms with Crippen molar-refractivity contribution in [3.05, 3.63) is 0 Å². The smallest absolute Gasteiger partial charge is 0.234 e. The Hall–Kier alpha value is -0.650.